The summed E-state index contributed by atoms with van der Waals surface area (Å²) in [6.45, 7) is 4.30. The van der Waals surface area contributed by atoms with Crippen molar-refractivity contribution in [3.63, 3.8) is 0 Å². The Balaban J connectivity index is 2.43. The number of hydrogen-bond acceptors (Lipinski definition) is 8. The van der Waals surface area contributed by atoms with Gasteiger partial charge < -0.3 is 24.6 Å². The maximum absolute atomic E-state index is 13.1. The van der Waals surface area contributed by atoms with Crippen molar-refractivity contribution in [2.75, 3.05) is 26.0 Å². The summed E-state index contributed by atoms with van der Waals surface area (Å²) in [6, 6.07) is 1.63. The Morgan fingerprint density at radius 2 is 2.19 bits per heavy atom. The average molecular weight is 400 g/mol. The second kappa shape index (κ2) is 9.25. The Bertz CT molecular complexity index is 694. The largest absolute Gasteiger partial charge is 0.504 e. The molecule has 0 bridgehead atoms. The van der Waals surface area contributed by atoms with Crippen LogP contribution in [0.25, 0.3) is 0 Å². The zero-order valence-electron chi connectivity index (χ0n) is 15.5. The van der Waals surface area contributed by atoms with Crippen LogP contribution in [-0.4, -0.2) is 69.5 Å². The van der Waals surface area contributed by atoms with Crippen LogP contribution in [0, 0.1) is 10.1 Å². The maximum atomic E-state index is 13.1. The second-order valence-electron chi connectivity index (χ2n) is 5.99. The number of ether oxygens (including phenoxy) is 2. The van der Waals surface area contributed by atoms with E-state index in [-0.39, 0.29) is 23.3 Å². The highest BCUT2D eigenvalue weighted by Gasteiger charge is 2.41. The molecule has 1 aliphatic rings. The number of carbonyl (C=O) groups excluding carboxylic acids is 1. The smallest absolute Gasteiger partial charge is 0.286 e. The number of aliphatic hydroxyl groups is 1. The molecule has 1 saturated heterocycles. The second-order valence-corrected chi connectivity index (χ2v) is 7.37. The molecule has 0 spiro atoms. The first-order valence-corrected chi connectivity index (χ1v) is 9.66. The lowest BCUT2D eigenvalue weighted by Gasteiger charge is -2.30. The van der Waals surface area contributed by atoms with Gasteiger partial charge in [-0.2, -0.15) is 0 Å². The van der Waals surface area contributed by atoms with Gasteiger partial charge in [-0.15, -0.1) is 11.8 Å². The Hall–Kier alpha value is -2.04. The van der Waals surface area contributed by atoms with E-state index in [0.29, 0.717) is 13.0 Å². The van der Waals surface area contributed by atoms with Gasteiger partial charge in [-0.25, -0.2) is 0 Å². The number of amides is 1. The van der Waals surface area contributed by atoms with E-state index in [1.165, 1.54) is 23.8 Å². The minimum absolute atomic E-state index is 0.0375. The van der Waals surface area contributed by atoms with Crippen LogP contribution >= 0.6 is 11.8 Å². The van der Waals surface area contributed by atoms with Crippen LogP contribution in [0.3, 0.4) is 0 Å². The average Bonchev–Trinajstić information content (AvgIpc) is 3.02. The Morgan fingerprint density at radius 1 is 1.48 bits per heavy atom. The molecule has 2 N–H and O–H groups in total. The van der Waals surface area contributed by atoms with Gasteiger partial charge in [0.2, 0.25) is 0 Å². The molecule has 2 unspecified atom stereocenters. The number of phenolic OH excluding ortho intramolecular Hbond substituents is 1. The molecule has 10 heteroatoms. The molecule has 1 amide bonds. The summed E-state index contributed by atoms with van der Waals surface area (Å²) < 4.78 is 10.7. The fraction of sp³-hybridized carbons (Fsp3) is 0.588. The molecule has 1 aromatic rings. The van der Waals surface area contributed by atoms with Crippen molar-refractivity contribution in [3.05, 3.63) is 27.8 Å². The molecule has 27 heavy (non-hydrogen) atoms. The van der Waals surface area contributed by atoms with Gasteiger partial charge in [0.1, 0.15) is 11.0 Å². The summed E-state index contributed by atoms with van der Waals surface area (Å²) in [4.78, 5) is 25.2. The van der Waals surface area contributed by atoms with Gasteiger partial charge in [0.05, 0.1) is 30.2 Å². The van der Waals surface area contributed by atoms with Gasteiger partial charge in [-0.1, -0.05) is 6.92 Å². The zero-order valence-corrected chi connectivity index (χ0v) is 16.3. The third-order valence-corrected chi connectivity index (χ3v) is 5.39. The van der Waals surface area contributed by atoms with E-state index < -0.39 is 34.4 Å². The summed E-state index contributed by atoms with van der Waals surface area (Å²) in [7, 11) is 1.29. The highest BCUT2D eigenvalue weighted by molar-refractivity contribution is 7.99. The molecular weight excluding hydrogens is 376 g/mol. The summed E-state index contributed by atoms with van der Waals surface area (Å²) in [5.41, 5.74) is -1.07. The van der Waals surface area contributed by atoms with Gasteiger partial charge in [-0.05, 0) is 19.1 Å². The number of β-amino-alcohol motifs (C(OH)–C–C–N with tert-alkyl or cyclic N) is 1. The van der Waals surface area contributed by atoms with Gasteiger partial charge >= 0.3 is 0 Å². The Morgan fingerprint density at radius 3 is 2.74 bits per heavy atom. The lowest BCUT2D eigenvalue weighted by Crippen LogP contribution is -2.43. The predicted molar refractivity (Wildman–Crippen MR) is 100 cm³/mol. The number of hydrogen-bond donors (Lipinski definition) is 2. The van der Waals surface area contributed by atoms with Crippen LogP contribution in [0.2, 0.25) is 0 Å². The number of nitro benzene ring substituents is 1. The number of phenols is 1. The highest BCUT2D eigenvalue weighted by atomic mass is 32.2. The first kappa shape index (κ1) is 21.3. The fourth-order valence-corrected chi connectivity index (χ4v) is 4.17. The molecule has 3 atom stereocenters. The predicted octanol–water partition coefficient (Wildman–Crippen LogP) is 2.00. The third kappa shape index (κ3) is 4.63. The van der Waals surface area contributed by atoms with Crippen LogP contribution in [0.5, 0.6) is 11.5 Å². The first-order valence-electron chi connectivity index (χ1n) is 8.61. The molecule has 1 fully saturated rings. The normalized spacial score (nSPS) is 20.5. The fourth-order valence-electron chi connectivity index (χ4n) is 3.13. The standard InChI is InChI=1S/C17H24N2O7S/c1-4-26-17(27-5-2)13-6-10(20)9-18(13)16(22)11-7-15(25-3)14(21)8-12(11)19(23)24/h7-8,10,13,17,20-21H,4-6,9H2,1-3H3/t10-,13?,17?/m1/s1. The Kier molecular flexibility index (Phi) is 7.28. The van der Waals surface area contributed by atoms with Crippen LogP contribution in [-0.2, 0) is 4.74 Å². The number of carbonyl (C=O) groups is 1. The molecule has 0 aromatic heterocycles. The molecule has 0 saturated carbocycles. The number of rotatable bonds is 8. The van der Waals surface area contributed by atoms with E-state index in [1.54, 1.807) is 0 Å². The van der Waals surface area contributed by atoms with Crippen molar-refractivity contribution in [2.45, 2.75) is 37.9 Å². The van der Waals surface area contributed by atoms with Crippen molar-refractivity contribution < 1.29 is 29.4 Å². The summed E-state index contributed by atoms with van der Waals surface area (Å²) in [5.74, 6) is -0.313. The van der Waals surface area contributed by atoms with Crippen LogP contribution < -0.4 is 4.74 Å². The van der Waals surface area contributed by atoms with E-state index in [1.807, 2.05) is 13.8 Å². The van der Waals surface area contributed by atoms with Crippen molar-refractivity contribution in [1.29, 1.82) is 0 Å². The molecule has 1 aromatic carbocycles. The molecular formula is C17H24N2O7S. The number of benzene rings is 1. The monoisotopic (exact) mass is 400 g/mol. The van der Waals surface area contributed by atoms with E-state index in [9.17, 15) is 25.1 Å². The number of nitrogens with zero attached hydrogens (tertiary/aromatic N) is 2. The number of likely N-dealkylation sites (tertiary alicyclic amines) is 1. The van der Waals surface area contributed by atoms with Crippen molar-refractivity contribution >= 4 is 23.4 Å². The lowest BCUT2D eigenvalue weighted by molar-refractivity contribution is -0.385. The number of thioether (sulfide) groups is 1. The van der Waals surface area contributed by atoms with Gasteiger partial charge in [0.25, 0.3) is 11.6 Å². The molecule has 0 aliphatic carbocycles. The van der Waals surface area contributed by atoms with E-state index in [4.69, 9.17) is 9.47 Å². The highest BCUT2D eigenvalue weighted by Crippen LogP contribution is 2.36. The summed E-state index contributed by atoms with van der Waals surface area (Å²) >= 11 is 1.51. The Labute approximate surface area is 161 Å². The molecule has 1 heterocycles. The zero-order chi connectivity index (χ0) is 20.1. The number of aliphatic hydroxyl groups excluding tert-OH is 1. The van der Waals surface area contributed by atoms with Crippen molar-refractivity contribution in [2.24, 2.45) is 0 Å². The SMILES string of the molecule is CCOC(SCC)C1C[C@@H](O)CN1C(=O)c1cc(OC)c(O)cc1[N+](=O)[O-]. The molecule has 9 nitrogen and oxygen atoms in total. The van der Waals surface area contributed by atoms with Gasteiger partial charge in [0, 0.05) is 19.2 Å². The van der Waals surface area contributed by atoms with E-state index in [2.05, 4.69) is 0 Å². The molecule has 2 rings (SSSR count). The maximum Gasteiger partial charge on any atom is 0.286 e. The number of methoxy groups -OCH3 is 1. The minimum atomic E-state index is -0.738. The van der Waals surface area contributed by atoms with Gasteiger partial charge in [0.15, 0.2) is 11.5 Å². The molecule has 1 aliphatic heterocycles. The third-order valence-electron chi connectivity index (χ3n) is 4.28. The molecule has 150 valence electrons. The van der Waals surface area contributed by atoms with E-state index >= 15 is 0 Å². The van der Waals surface area contributed by atoms with Crippen molar-refractivity contribution in [1.82, 2.24) is 4.90 Å². The van der Waals surface area contributed by atoms with Gasteiger partial charge in [-0.3, -0.25) is 14.9 Å². The van der Waals surface area contributed by atoms with Crippen LogP contribution in [0.4, 0.5) is 5.69 Å². The van der Waals surface area contributed by atoms with Crippen LogP contribution in [0.15, 0.2) is 12.1 Å². The lowest BCUT2D eigenvalue weighted by atomic mass is 10.1. The summed E-state index contributed by atoms with van der Waals surface area (Å²) in [6.07, 6.45) is -0.413. The number of aromatic hydroxyl groups is 1. The van der Waals surface area contributed by atoms with E-state index in [0.717, 1.165) is 17.9 Å². The number of nitro groups is 1. The van der Waals surface area contributed by atoms with Crippen molar-refractivity contribution in [3.8, 4) is 11.5 Å². The molecule has 0 radical (unpaired) electrons. The van der Waals surface area contributed by atoms with Crippen LogP contribution in [0.1, 0.15) is 30.6 Å². The topological polar surface area (TPSA) is 122 Å². The first-order chi connectivity index (χ1) is 12.8. The quantitative estimate of drug-likeness (QED) is 0.386. The summed E-state index contributed by atoms with van der Waals surface area (Å²) in [5, 5.41) is 31.3. The minimum Gasteiger partial charge on any atom is -0.504 e.